The Morgan fingerprint density at radius 2 is 1.36 bits per heavy atom. The molecule has 0 saturated heterocycles. The molecule has 268 valence electrons. The maximum absolute atomic E-state index is 15.4. The first-order valence-corrected chi connectivity index (χ1v) is 18.1. The predicted octanol–water partition coefficient (Wildman–Crippen LogP) is 11.3. The van der Waals surface area contributed by atoms with Crippen LogP contribution in [0.15, 0.2) is 18.2 Å². The lowest BCUT2D eigenvalue weighted by atomic mass is 9.41. The molecule has 4 saturated carbocycles. The van der Waals surface area contributed by atoms with Crippen molar-refractivity contribution in [2.24, 2.45) is 57.7 Å². The summed E-state index contributed by atoms with van der Waals surface area (Å²) in [7, 11) is 0. The van der Waals surface area contributed by atoms with E-state index in [2.05, 4.69) is 34.6 Å². The molecule has 4 N–H and O–H groups in total. The van der Waals surface area contributed by atoms with Crippen LogP contribution in [-0.4, -0.2) is 18.1 Å². The lowest BCUT2D eigenvalue weighted by Gasteiger charge is -2.65. The zero-order chi connectivity index (χ0) is 35.0. The monoisotopic (exact) mass is 672 g/mol. The number of hydrogen-bond acceptors (Lipinski definition) is 3. The van der Waals surface area contributed by atoms with E-state index >= 15 is 26.3 Å². The fraction of sp³-hybridized carbons (Fsp3) is 0.842. The van der Waals surface area contributed by atoms with Gasteiger partial charge in [-0.3, -0.25) is 0 Å². The van der Waals surface area contributed by atoms with Crippen molar-refractivity contribution in [3.8, 4) is 0 Å². The van der Waals surface area contributed by atoms with Gasteiger partial charge in [0.15, 0.2) is 0 Å². The summed E-state index contributed by atoms with van der Waals surface area (Å²) in [5.74, 6) is -7.40. The Labute approximate surface area is 278 Å². The number of nitrogens with two attached hydrogens (primary N) is 2. The minimum absolute atomic E-state index is 0.0508. The molecule has 1 aromatic carbocycles. The number of fused-ring (bicyclic) bond motifs is 5. The summed E-state index contributed by atoms with van der Waals surface area (Å²) >= 11 is 0. The highest BCUT2D eigenvalue weighted by atomic mass is 19.3. The molecule has 0 heterocycles. The van der Waals surface area contributed by atoms with E-state index in [0.717, 1.165) is 43.6 Å². The molecule has 0 aromatic heterocycles. The molecule has 47 heavy (non-hydrogen) atoms. The van der Waals surface area contributed by atoms with Gasteiger partial charge in [0.2, 0.25) is 0 Å². The minimum atomic E-state index is -5.84. The molecule has 9 heteroatoms. The van der Waals surface area contributed by atoms with Gasteiger partial charge in [0, 0.05) is 16.9 Å². The molecule has 1 aromatic rings. The Hall–Kier alpha value is -1.64. The fourth-order valence-electron chi connectivity index (χ4n) is 11.8. The predicted molar refractivity (Wildman–Crippen MR) is 176 cm³/mol. The molecule has 9 atom stereocenters. The van der Waals surface area contributed by atoms with Gasteiger partial charge in [-0.05, 0) is 127 Å². The Morgan fingerprint density at radius 3 is 1.98 bits per heavy atom. The third kappa shape index (κ3) is 5.98. The van der Waals surface area contributed by atoms with Crippen LogP contribution in [0.25, 0.3) is 0 Å². The summed E-state index contributed by atoms with van der Waals surface area (Å²) in [6.45, 7) is 15.5. The molecule has 0 amide bonds. The van der Waals surface area contributed by atoms with Gasteiger partial charge >= 0.3 is 18.0 Å². The van der Waals surface area contributed by atoms with Gasteiger partial charge < -0.3 is 16.2 Å². The average Bonchev–Trinajstić information content (AvgIpc) is 3.31. The maximum Gasteiger partial charge on any atom is 0.426 e. The second-order valence-electron chi connectivity index (χ2n) is 17.6. The van der Waals surface area contributed by atoms with E-state index in [9.17, 15) is 0 Å². The van der Waals surface area contributed by atoms with Crippen LogP contribution in [0, 0.1) is 57.7 Å². The third-order valence-corrected chi connectivity index (χ3v) is 14.1. The SMILES string of the molecule is CC(C)CCC[C@@H](C)[C@H]1CC[C@H]2[C@@H]3CCC4C(C)(C)C(OC(F)(F)C(F)(F)C(F)(F)c5cc(N)cc(N)c5)CC[C@]4(C)[C@H]3CC[C@]12C. The van der Waals surface area contributed by atoms with Crippen LogP contribution >= 0.6 is 0 Å². The number of halogens is 6. The van der Waals surface area contributed by atoms with E-state index in [4.69, 9.17) is 16.2 Å². The Morgan fingerprint density at radius 1 is 0.766 bits per heavy atom. The van der Waals surface area contributed by atoms with Gasteiger partial charge in [-0.25, -0.2) is 0 Å². The molecule has 3 nitrogen and oxygen atoms in total. The highest BCUT2D eigenvalue weighted by molar-refractivity contribution is 5.55. The Balaban J connectivity index is 1.32. The van der Waals surface area contributed by atoms with Crippen LogP contribution in [0.5, 0.6) is 0 Å². The molecule has 4 aliphatic carbocycles. The molecule has 4 aliphatic rings. The minimum Gasteiger partial charge on any atom is -0.399 e. The van der Waals surface area contributed by atoms with Gasteiger partial charge in [0.05, 0.1) is 6.10 Å². The summed E-state index contributed by atoms with van der Waals surface area (Å²) in [5, 5.41) is 0. The summed E-state index contributed by atoms with van der Waals surface area (Å²) in [5.41, 5.74) is 8.25. The number of benzene rings is 1. The zero-order valence-corrected chi connectivity index (χ0v) is 29.5. The van der Waals surface area contributed by atoms with E-state index in [1.807, 2.05) is 13.8 Å². The largest absolute Gasteiger partial charge is 0.426 e. The van der Waals surface area contributed by atoms with Crippen molar-refractivity contribution in [2.75, 3.05) is 11.5 Å². The molecule has 0 bridgehead atoms. The molecule has 5 rings (SSSR count). The van der Waals surface area contributed by atoms with E-state index < -0.39 is 35.0 Å². The summed E-state index contributed by atoms with van der Waals surface area (Å²) in [6.07, 6.45) is 4.28. The first kappa shape index (κ1) is 36.6. The molecule has 0 spiro atoms. The normalized spacial score (nSPS) is 36.5. The topological polar surface area (TPSA) is 61.3 Å². The van der Waals surface area contributed by atoms with Crippen molar-refractivity contribution in [1.29, 1.82) is 0 Å². The van der Waals surface area contributed by atoms with E-state index in [1.54, 1.807) is 0 Å². The second kappa shape index (κ2) is 12.3. The summed E-state index contributed by atoms with van der Waals surface area (Å²) in [4.78, 5) is 0. The van der Waals surface area contributed by atoms with Crippen molar-refractivity contribution in [3.63, 3.8) is 0 Å². The number of alkyl halides is 6. The molecular weight excluding hydrogens is 614 g/mol. The van der Waals surface area contributed by atoms with Crippen molar-refractivity contribution in [3.05, 3.63) is 23.8 Å². The van der Waals surface area contributed by atoms with Crippen LogP contribution < -0.4 is 11.5 Å². The van der Waals surface area contributed by atoms with Crippen molar-refractivity contribution in [2.45, 2.75) is 143 Å². The van der Waals surface area contributed by atoms with Crippen molar-refractivity contribution < 1.29 is 31.1 Å². The third-order valence-electron chi connectivity index (χ3n) is 14.1. The lowest BCUT2D eigenvalue weighted by molar-refractivity contribution is -0.423. The van der Waals surface area contributed by atoms with Crippen LogP contribution in [0.3, 0.4) is 0 Å². The van der Waals surface area contributed by atoms with Gasteiger partial charge in [0.1, 0.15) is 0 Å². The number of anilines is 2. The standard InChI is InChI=1S/C38H58F6N2O/c1-22(2)9-8-10-23(3)28-12-13-29-27-11-14-31-33(4,5)32(16-18-35(31,7)30(27)15-17-34(28,29)6)47-38(43,44)37(41,42)36(39,40)24-19-25(45)21-26(46)20-24/h19-23,27-32H,8-18,45-46H2,1-7H3/t23-,27+,28-,29+,30+,31?,32?,34-,35-/m1/s1. The second-order valence-corrected chi connectivity index (χ2v) is 17.6. The summed E-state index contributed by atoms with van der Waals surface area (Å²) in [6, 6.07) is 2.18. The smallest absolute Gasteiger partial charge is 0.399 e. The molecule has 4 fully saturated rings. The highest BCUT2D eigenvalue weighted by Crippen LogP contribution is 2.71. The number of rotatable bonds is 10. The van der Waals surface area contributed by atoms with Crippen LogP contribution in [0.2, 0.25) is 0 Å². The molecular formula is C38H58F6N2O. The van der Waals surface area contributed by atoms with Crippen LogP contribution in [0.1, 0.15) is 125 Å². The van der Waals surface area contributed by atoms with Gasteiger partial charge in [-0.15, -0.1) is 0 Å². The fourth-order valence-corrected chi connectivity index (χ4v) is 11.8. The first-order valence-electron chi connectivity index (χ1n) is 18.1. The maximum atomic E-state index is 15.4. The number of hydrogen-bond donors (Lipinski definition) is 2. The quantitative estimate of drug-likeness (QED) is 0.192. The van der Waals surface area contributed by atoms with E-state index in [-0.39, 0.29) is 29.1 Å². The highest BCUT2D eigenvalue weighted by Gasteiger charge is 2.75. The first-order chi connectivity index (χ1) is 21.6. The molecule has 2 unspecified atom stereocenters. The lowest BCUT2D eigenvalue weighted by Crippen LogP contribution is -2.62. The van der Waals surface area contributed by atoms with Gasteiger partial charge in [-0.2, -0.15) is 26.3 Å². The number of ether oxygens (including phenoxy) is 1. The summed E-state index contributed by atoms with van der Waals surface area (Å²) < 4.78 is 96.4. The van der Waals surface area contributed by atoms with E-state index in [0.29, 0.717) is 47.6 Å². The number of nitrogen functional groups attached to an aromatic ring is 2. The van der Waals surface area contributed by atoms with Crippen molar-refractivity contribution in [1.82, 2.24) is 0 Å². The zero-order valence-electron chi connectivity index (χ0n) is 29.5. The molecule has 0 radical (unpaired) electrons. The Kier molecular flexibility index (Phi) is 9.58. The van der Waals surface area contributed by atoms with Crippen LogP contribution in [-0.2, 0) is 10.7 Å². The Bertz CT molecular complexity index is 1260. The average molecular weight is 673 g/mol. The van der Waals surface area contributed by atoms with E-state index in [1.165, 1.54) is 32.1 Å². The van der Waals surface area contributed by atoms with Crippen molar-refractivity contribution >= 4 is 11.4 Å². The molecule has 0 aliphatic heterocycles. The van der Waals surface area contributed by atoms with Gasteiger partial charge in [0.25, 0.3) is 0 Å². The van der Waals surface area contributed by atoms with Crippen LogP contribution in [0.4, 0.5) is 37.7 Å². The van der Waals surface area contributed by atoms with Gasteiger partial charge in [-0.1, -0.05) is 67.7 Å².